The molecule has 2 aromatic rings. The third-order valence-electron chi connectivity index (χ3n) is 4.40. The molecule has 1 saturated heterocycles. The Balaban J connectivity index is 1.54. The predicted octanol–water partition coefficient (Wildman–Crippen LogP) is 2.30. The molecule has 5 nitrogen and oxygen atoms in total. The summed E-state index contributed by atoms with van der Waals surface area (Å²) in [5, 5.41) is 3.67. The maximum atomic E-state index is 12.2. The van der Waals surface area contributed by atoms with Crippen molar-refractivity contribution in [2.45, 2.75) is 6.42 Å². The van der Waals surface area contributed by atoms with E-state index in [1.807, 2.05) is 24.3 Å². The molecular weight excluding hydrogens is 326 g/mol. The standard InChI is InChI=1S/C18H20ClN3O2/c1-21-8-7-14(10-17(21)23)18(24)20-11-13-6-9-22(12-13)16-4-2-15(19)3-5-16/h2-5,7-8,10,13H,6,9,11-12H2,1H3,(H,20,24). The van der Waals surface area contributed by atoms with E-state index >= 15 is 0 Å². The lowest BCUT2D eigenvalue weighted by Gasteiger charge is -2.19. The number of rotatable bonds is 4. The van der Waals surface area contributed by atoms with Gasteiger partial charge in [0.1, 0.15) is 0 Å². The first-order chi connectivity index (χ1) is 11.5. The number of carbonyl (C=O) groups excluding carboxylic acids is 1. The molecule has 1 aromatic carbocycles. The zero-order valence-corrected chi connectivity index (χ0v) is 14.3. The van der Waals surface area contributed by atoms with Crippen LogP contribution in [0.4, 0.5) is 5.69 Å². The maximum absolute atomic E-state index is 12.2. The SMILES string of the molecule is Cn1ccc(C(=O)NCC2CCN(c3ccc(Cl)cc3)C2)cc1=O. The Morgan fingerprint density at radius 3 is 2.75 bits per heavy atom. The number of nitrogens with zero attached hydrogens (tertiary/aromatic N) is 2. The Morgan fingerprint density at radius 2 is 2.04 bits per heavy atom. The van der Waals surface area contributed by atoms with E-state index in [0.717, 1.165) is 30.2 Å². The lowest BCUT2D eigenvalue weighted by Crippen LogP contribution is -2.32. The third kappa shape index (κ3) is 3.79. The van der Waals surface area contributed by atoms with Gasteiger partial charge in [-0.3, -0.25) is 9.59 Å². The Morgan fingerprint density at radius 1 is 1.29 bits per heavy atom. The Bertz CT molecular complexity index is 786. The van der Waals surface area contributed by atoms with Crippen LogP contribution in [0, 0.1) is 5.92 Å². The van der Waals surface area contributed by atoms with Crippen LogP contribution in [0.1, 0.15) is 16.8 Å². The minimum absolute atomic E-state index is 0.183. The van der Waals surface area contributed by atoms with Gasteiger partial charge in [-0.15, -0.1) is 0 Å². The monoisotopic (exact) mass is 345 g/mol. The van der Waals surface area contributed by atoms with Crippen LogP contribution < -0.4 is 15.8 Å². The second kappa shape index (κ2) is 7.09. The first-order valence-electron chi connectivity index (χ1n) is 7.98. The predicted molar refractivity (Wildman–Crippen MR) is 95.8 cm³/mol. The first-order valence-corrected chi connectivity index (χ1v) is 8.36. The van der Waals surface area contributed by atoms with Gasteiger partial charge < -0.3 is 14.8 Å². The van der Waals surface area contributed by atoms with Gasteiger partial charge in [0.25, 0.3) is 11.5 Å². The van der Waals surface area contributed by atoms with E-state index in [4.69, 9.17) is 11.6 Å². The molecule has 1 N–H and O–H groups in total. The summed E-state index contributed by atoms with van der Waals surface area (Å²) in [4.78, 5) is 26.1. The summed E-state index contributed by atoms with van der Waals surface area (Å²) in [6.07, 6.45) is 2.63. The van der Waals surface area contributed by atoms with E-state index in [1.54, 1.807) is 19.3 Å². The number of amides is 1. The van der Waals surface area contributed by atoms with Gasteiger partial charge >= 0.3 is 0 Å². The highest BCUT2D eigenvalue weighted by Gasteiger charge is 2.23. The molecule has 0 saturated carbocycles. The Hall–Kier alpha value is -2.27. The second-order valence-electron chi connectivity index (χ2n) is 6.15. The average Bonchev–Trinajstić information content (AvgIpc) is 3.05. The first kappa shape index (κ1) is 16.6. The van der Waals surface area contributed by atoms with Crippen molar-refractivity contribution in [2.24, 2.45) is 13.0 Å². The molecule has 1 fully saturated rings. The molecule has 1 aromatic heterocycles. The molecule has 0 bridgehead atoms. The summed E-state index contributed by atoms with van der Waals surface area (Å²) in [5.74, 6) is 0.203. The van der Waals surface area contributed by atoms with Crippen molar-refractivity contribution >= 4 is 23.2 Å². The van der Waals surface area contributed by atoms with Gasteiger partial charge in [-0.05, 0) is 42.7 Å². The highest BCUT2D eigenvalue weighted by molar-refractivity contribution is 6.30. The third-order valence-corrected chi connectivity index (χ3v) is 4.65. The van der Waals surface area contributed by atoms with Gasteiger partial charge in [-0.25, -0.2) is 0 Å². The van der Waals surface area contributed by atoms with Crippen LogP contribution in [-0.4, -0.2) is 30.1 Å². The zero-order valence-electron chi connectivity index (χ0n) is 13.5. The van der Waals surface area contributed by atoms with E-state index in [0.29, 0.717) is 18.0 Å². The lowest BCUT2D eigenvalue weighted by atomic mass is 10.1. The highest BCUT2D eigenvalue weighted by atomic mass is 35.5. The van der Waals surface area contributed by atoms with E-state index in [1.165, 1.54) is 10.6 Å². The molecule has 2 heterocycles. The number of carbonyl (C=O) groups is 1. The molecule has 0 aliphatic carbocycles. The molecule has 0 spiro atoms. The van der Waals surface area contributed by atoms with E-state index < -0.39 is 0 Å². The van der Waals surface area contributed by atoms with Crippen LogP contribution in [0.2, 0.25) is 5.02 Å². The molecule has 6 heteroatoms. The van der Waals surface area contributed by atoms with Crippen LogP contribution in [0.3, 0.4) is 0 Å². The van der Waals surface area contributed by atoms with E-state index in [2.05, 4.69) is 10.2 Å². The molecule has 1 atom stereocenters. The highest BCUT2D eigenvalue weighted by Crippen LogP contribution is 2.24. The summed E-state index contributed by atoms with van der Waals surface area (Å²) in [7, 11) is 1.66. The van der Waals surface area contributed by atoms with Gasteiger partial charge in [0, 0.05) is 55.2 Å². The fourth-order valence-corrected chi connectivity index (χ4v) is 3.04. The molecule has 126 valence electrons. The smallest absolute Gasteiger partial charge is 0.251 e. The van der Waals surface area contributed by atoms with E-state index in [-0.39, 0.29) is 11.5 Å². The molecule has 0 radical (unpaired) electrons. The van der Waals surface area contributed by atoms with Gasteiger partial charge in [-0.2, -0.15) is 0 Å². The van der Waals surface area contributed by atoms with Crippen LogP contribution in [0.25, 0.3) is 0 Å². The van der Waals surface area contributed by atoms with Crippen LogP contribution in [0.15, 0.2) is 47.4 Å². The van der Waals surface area contributed by atoms with Gasteiger partial charge in [0.2, 0.25) is 0 Å². The van der Waals surface area contributed by atoms with Gasteiger partial charge in [-0.1, -0.05) is 11.6 Å². The molecular formula is C18H20ClN3O2. The van der Waals surface area contributed by atoms with Gasteiger partial charge in [0.05, 0.1) is 0 Å². The van der Waals surface area contributed by atoms with Gasteiger partial charge in [0.15, 0.2) is 0 Å². The number of hydrogen-bond donors (Lipinski definition) is 1. The van der Waals surface area contributed by atoms with Crippen molar-refractivity contribution in [3.8, 4) is 0 Å². The molecule has 1 amide bonds. The summed E-state index contributed by atoms with van der Waals surface area (Å²) in [6, 6.07) is 10.8. The Labute approximate surface area is 145 Å². The number of pyridine rings is 1. The lowest BCUT2D eigenvalue weighted by molar-refractivity contribution is 0.0948. The minimum Gasteiger partial charge on any atom is -0.371 e. The number of aromatic nitrogens is 1. The van der Waals surface area contributed by atoms with Crippen molar-refractivity contribution in [3.63, 3.8) is 0 Å². The Kier molecular flexibility index (Phi) is 4.90. The van der Waals surface area contributed by atoms with Crippen molar-refractivity contribution in [1.82, 2.24) is 9.88 Å². The largest absolute Gasteiger partial charge is 0.371 e. The van der Waals surface area contributed by atoms with Crippen molar-refractivity contribution in [2.75, 3.05) is 24.5 Å². The number of nitrogens with one attached hydrogen (secondary N) is 1. The minimum atomic E-state index is -0.197. The van der Waals surface area contributed by atoms with Crippen LogP contribution in [0.5, 0.6) is 0 Å². The molecule has 1 aliphatic heterocycles. The fraction of sp³-hybridized carbons (Fsp3) is 0.333. The summed E-state index contributed by atoms with van der Waals surface area (Å²) < 4.78 is 1.44. The van der Waals surface area contributed by atoms with Crippen molar-refractivity contribution in [3.05, 3.63) is 63.5 Å². The average molecular weight is 346 g/mol. The van der Waals surface area contributed by atoms with Crippen molar-refractivity contribution < 1.29 is 4.79 Å². The second-order valence-corrected chi connectivity index (χ2v) is 6.59. The van der Waals surface area contributed by atoms with Crippen molar-refractivity contribution in [1.29, 1.82) is 0 Å². The normalized spacial score (nSPS) is 17.1. The maximum Gasteiger partial charge on any atom is 0.251 e. The quantitative estimate of drug-likeness (QED) is 0.925. The summed E-state index contributed by atoms with van der Waals surface area (Å²) in [6.45, 7) is 2.48. The fourth-order valence-electron chi connectivity index (χ4n) is 2.91. The molecule has 1 aliphatic rings. The number of benzene rings is 1. The molecule has 3 rings (SSSR count). The summed E-state index contributed by atoms with van der Waals surface area (Å²) >= 11 is 5.92. The topological polar surface area (TPSA) is 54.3 Å². The summed E-state index contributed by atoms with van der Waals surface area (Å²) in [5.41, 5.74) is 1.38. The number of aryl methyl sites for hydroxylation is 1. The number of halogens is 1. The van der Waals surface area contributed by atoms with Crippen LogP contribution in [-0.2, 0) is 7.05 Å². The number of hydrogen-bond acceptors (Lipinski definition) is 3. The van der Waals surface area contributed by atoms with E-state index in [9.17, 15) is 9.59 Å². The van der Waals surface area contributed by atoms with Crippen LogP contribution >= 0.6 is 11.6 Å². The molecule has 1 unspecified atom stereocenters. The number of anilines is 1. The molecule has 24 heavy (non-hydrogen) atoms. The zero-order chi connectivity index (χ0) is 17.1.